The van der Waals surface area contributed by atoms with Gasteiger partial charge in [-0.1, -0.05) is 167 Å². The van der Waals surface area contributed by atoms with Crippen LogP contribution in [0.3, 0.4) is 0 Å². The third-order valence-corrected chi connectivity index (χ3v) is 32.4. The molecule has 796 valence electrons. The third kappa shape index (κ3) is 26.3. The molecule has 2 saturated carbocycles. The van der Waals surface area contributed by atoms with Gasteiger partial charge in [0.25, 0.3) is 35.4 Å². The minimum Gasteiger partial charge on any atom is -0.444 e. The van der Waals surface area contributed by atoms with Crippen molar-refractivity contribution in [3.05, 3.63) is 267 Å². The molecule has 7 aromatic carbocycles. The number of hydrogen-bond donors (Lipinski definition) is 6. The van der Waals surface area contributed by atoms with Crippen LogP contribution in [0, 0.1) is 37.5 Å². The quantitative estimate of drug-likeness (QED) is 0.0207. The van der Waals surface area contributed by atoms with E-state index in [0.717, 1.165) is 129 Å². The van der Waals surface area contributed by atoms with Crippen molar-refractivity contribution in [3.63, 3.8) is 0 Å². The molecule has 0 radical (unpaired) electrons. The Labute approximate surface area is 875 Å². The van der Waals surface area contributed by atoms with Crippen molar-refractivity contribution in [2.75, 3.05) is 93.1 Å². The van der Waals surface area contributed by atoms with E-state index >= 15 is 0 Å². The number of anilines is 3. The summed E-state index contributed by atoms with van der Waals surface area (Å²) in [7, 11) is 0.143. The molecule has 11 aromatic rings. The predicted molar refractivity (Wildman–Crippen MR) is 578 cm³/mol. The van der Waals surface area contributed by atoms with E-state index in [-0.39, 0.29) is 88.6 Å². The normalized spacial score (nSPS) is 17.2. The molecule has 5 aliphatic rings. The molecule has 0 spiro atoms. The molecule has 0 saturated heterocycles. The van der Waals surface area contributed by atoms with E-state index in [9.17, 15) is 61.5 Å². The number of benzene rings is 7. The highest BCUT2D eigenvalue weighted by atomic mass is 32.2. The Balaban J connectivity index is 0.000000210. The Morgan fingerprint density at radius 3 is 1.09 bits per heavy atom. The number of hydrogen-bond acceptors (Lipinski definition) is 18. The summed E-state index contributed by atoms with van der Waals surface area (Å²) in [5.41, 5.74) is 13.3. The molecule has 2 bridgehead atoms. The van der Waals surface area contributed by atoms with Crippen LogP contribution in [0.5, 0.6) is 0 Å². The second-order valence-corrected chi connectivity index (χ2v) is 43.2. The fourth-order valence-electron chi connectivity index (χ4n) is 20.2. The number of amides is 6. The number of oxazole rings is 1. The Morgan fingerprint density at radius 2 is 0.784 bits per heavy atom. The summed E-state index contributed by atoms with van der Waals surface area (Å²) in [6, 6.07) is 50.6. The highest BCUT2D eigenvalue weighted by Gasteiger charge is 2.64. The second kappa shape index (κ2) is 53.0. The fraction of sp³-hybridized carbons (Fsp3) is 0.450. The van der Waals surface area contributed by atoms with Crippen LogP contribution >= 0.6 is 0 Å². The minimum absolute atomic E-state index is 0. The molecule has 148 heavy (non-hydrogen) atoms. The van der Waals surface area contributed by atoms with Crippen molar-refractivity contribution < 1.29 is 82.4 Å². The lowest BCUT2D eigenvalue weighted by Crippen LogP contribution is -2.46. The number of carbonyl (C=O) groups excluding carboxylic acids is 7. The minimum atomic E-state index is -1.66. The number of aryl methyl sites for hydroxylation is 3. The lowest BCUT2D eigenvalue weighted by Gasteiger charge is -2.36. The molecular formula is C111H147N17O17S3. The van der Waals surface area contributed by atoms with E-state index in [2.05, 4.69) is 74.5 Å². The van der Waals surface area contributed by atoms with E-state index in [4.69, 9.17) is 19.7 Å². The first kappa shape index (κ1) is 116. The second-order valence-electron chi connectivity index (χ2n) is 39.4. The molecule has 7 heterocycles. The Hall–Kier alpha value is -12.6. The number of aromatic nitrogens is 7. The van der Waals surface area contributed by atoms with Crippen LogP contribution in [0.1, 0.15) is 265 Å². The number of fused-ring (bicyclic) bond motifs is 5. The van der Waals surface area contributed by atoms with Gasteiger partial charge in [0.05, 0.1) is 88.5 Å². The van der Waals surface area contributed by atoms with Crippen molar-refractivity contribution in [3.8, 4) is 28.4 Å². The maximum absolute atomic E-state index is 14.7. The number of rotatable bonds is 41. The van der Waals surface area contributed by atoms with Gasteiger partial charge in [0.15, 0.2) is 40.4 Å². The molecule has 3 aliphatic heterocycles. The van der Waals surface area contributed by atoms with Crippen molar-refractivity contribution in [2.45, 2.75) is 234 Å². The van der Waals surface area contributed by atoms with Crippen molar-refractivity contribution >= 4 is 91.4 Å². The van der Waals surface area contributed by atoms with Crippen LogP contribution in [0.2, 0.25) is 0 Å². The van der Waals surface area contributed by atoms with E-state index < -0.39 is 56.7 Å². The third-order valence-electron chi connectivity index (χ3n) is 29.0. The monoisotopic (exact) mass is 2090 g/mol. The van der Waals surface area contributed by atoms with Gasteiger partial charge < -0.3 is 75.0 Å². The zero-order valence-electron chi connectivity index (χ0n) is 87.4. The number of nitrogens with one attached hydrogen (secondary N) is 3. The highest BCUT2D eigenvalue weighted by molar-refractivity contribution is 7.86. The van der Waals surface area contributed by atoms with Crippen LogP contribution in [0.4, 0.5) is 17.1 Å². The Bertz CT molecular complexity index is 6460. The summed E-state index contributed by atoms with van der Waals surface area (Å²) >= 11 is -1.51. The van der Waals surface area contributed by atoms with Crippen LogP contribution in [0.15, 0.2) is 192 Å². The molecular weight excluding hydrogens is 1940 g/mol. The molecule has 3 unspecified atom stereocenters. The van der Waals surface area contributed by atoms with Crippen molar-refractivity contribution in [1.29, 1.82) is 0 Å². The van der Waals surface area contributed by atoms with Crippen LogP contribution in [-0.2, 0) is 76.8 Å². The predicted octanol–water partition coefficient (Wildman–Crippen LogP) is 14.7. The summed E-state index contributed by atoms with van der Waals surface area (Å²) in [6.45, 7) is 26.9. The number of aliphatic hydroxyl groups excluding tert-OH is 3. The van der Waals surface area contributed by atoms with E-state index in [1.807, 2.05) is 120 Å². The fourth-order valence-corrected chi connectivity index (χ4v) is 23.2. The van der Waals surface area contributed by atoms with Crippen LogP contribution in [0.25, 0.3) is 28.4 Å². The standard InChI is InChI=1S/C40H53N5O5S.C39H44N6O5S.C32H44N6O4S.3H2O/c1-6-8-18-43(19-9-7-2)38(49)34-20-27(3)45(41-34)35-15-14-31(42-51(50)26-40-17-16-30(22-36(40)47)39(40,4)5)23-33(35)37(48)44-24-29-13-11-10-12-28(29)21-32(44)25-46;1-4-6-18-43(19-7-5-2)39(48)35-20-27(3)45(41-35)36-17-14-31(42-51(49)33-15-12-28(13-16-33)37-23-40-26-50-37)22-34(36)38(47)44-24-30-11-9-8-10-29(30)21-32(44)25-46;1-6-8-16-36(17-9-7-2)32(41)29-18-23(3)38(33-29)30-15-14-26(34-43(42)35(4)5)20-28(30)31(40)37-21-25-13-11-10-12-24(25)19-27(37)22-39;;;/h10-15,20,23,30,32,42,46H,6-9,16-19,21-22,24-26H2,1-5H3;8-17,20,22-23,26,32,42,46H,4-7,18-19,21,24-25H2,1-3H3;10-15,18,20,27,34,39H,6-9,16-17,19,21-22H2,1-5H3;3*1H2/t30-,32+,40-,51?;32-,51?;27-,43?;;;/m100.../s1. The first-order valence-corrected chi connectivity index (χ1v) is 54.7. The van der Waals surface area contributed by atoms with Gasteiger partial charge >= 0.3 is 0 Å². The Morgan fingerprint density at radius 1 is 0.446 bits per heavy atom. The van der Waals surface area contributed by atoms with Crippen molar-refractivity contribution in [1.82, 2.24) is 68.0 Å². The molecule has 2 aliphatic carbocycles. The van der Waals surface area contributed by atoms with Gasteiger partial charge in [-0.2, -0.15) is 15.3 Å². The van der Waals surface area contributed by atoms with E-state index in [1.54, 1.807) is 134 Å². The summed E-state index contributed by atoms with van der Waals surface area (Å²) in [6.07, 6.45) is 18.1. The molecule has 12 N–H and O–H groups in total. The molecule has 2 fully saturated rings. The number of carbonyl (C=O) groups is 7. The molecule has 8 atom stereocenters. The van der Waals surface area contributed by atoms with Gasteiger partial charge in [0, 0.05) is 125 Å². The number of ketones is 1. The van der Waals surface area contributed by atoms with Gasteiger partial charge in [-0.25, -0.2) is 36.0 Å². The Kier molecular flexibility index (Phi) is 41.5. The number of unbranched alkanes of at least 4 members (excludes halogenated alkanes) is 6. The summed E-state index contributed by atoms with van der Waals surface area (Å²) in [4.78, 5) is 113. The SMILES string of the molecule is CCCCN(CCCC)C(=O)c1cc(C)n(-c2ccc(NS(=O)C[C@]34CC[C@H](CC3=O)C4(C)C)cc2C(=O)N2Cc3ccccc3C[C@H]2CO)n1.CCCCN(CCCC)C(=O)c1cc(C)n(-c2ccc(NS(=O)N(C)C)cc2C(=O)N2Cc3ccccc3C[C@H]2CO)n1.CCCCN(CCCC)C(=O)c1cc(C)n(-c2ccc(NS(=O)c3ccc(-c4cnco4)cc3)cc2C(=O)N2Cc3ccccc3C[C@H]2CO)n1.O.O.O. The van der Waals surface area contributed by atoms with Gasteiger partial charge in [0.1, 0.15) is 27.8 Å². The lowest BCUT2D eigenvalue weighted by molar-refractivity contribution is -0.128. The summed E-state index contributed by atoms with van der Waals surface area (Å²) in [5, 5.41) is 45.4. The lowest BCUT2D eigenvalue weighted by atomic mass is 9.70. The molecule has 37 heteroatoms. The maximum atomic E-state index is 14.7. The van der Waals surface area contributed by atoms with Crippen molar-refractivity contribution in [2.24, 2.45) is 16.7 Å². The van der Waals surface area contributed by atoms with Crippen LogP contribution in [-0.4, -0.2) is 251 Å². The number of aliphatic hydroxyl groups is 3. The van der Waals surface area contributed by atoms with Gasteiger partial charge in [-0.15, -0.1) is 0 Å². The summed E-state index contributed by atoms with van der Waals surface area (Å²) < 4.78 is 60.8. The zero-order valence-corrected chi connectivity index (χ0v) is 89.8. The van der Waals surface area contributed by atoms with E-state index in [0.29, 0.717) is 186 Å². The first-order chi connectivity index (χ1) is 69.9. The number of nitrogens with zero attached hydrogens (tertiary/aromatic N) is 14. The van der Waals surface area contributed by atoms with Crippen LogP contribution < -0.4 is 14.2 Å². The molecule has 4 aromatic heterocycles. The molecule has 34 nitrogen and oxygen atoms in total. The number of Topliss-reactive ketones (excluding diaryl/α,β-unsaturated/α-hetero) is 1. The molecule has 16 rings (SSSR count). The molecule has 6 amide bonds. The average Bonchev–Trinajstić information content (AvgIpc) is 1.55. The summed E-state index contributed by atoms with van der Waals surface area (Å²) in [5.74, 6) is 0.0659. The topological polar surface area (TPSA) is 464 Å². The van der Waals surface area contributed by atoms with E-state index in [1.165, 1.54) is 10.7 Å². The highest BCUT2D eigenvalue weighted by Crippen LogP contribution is 2.64. The largest absolute Gasteiger partial charge is 0.444 e. The maximum Gasteiger partial charge on any atom is 0.274 e. The van der Waals surface area contributed by atoms with Gasteiger partial charge in [0.2, 0.25) is 0 Å². The van der Waals surface area contributed by atoms with Gasteiger partial charge in [-0.3, -0.25) is 38.3 Å². The smallest absolute Gasteiger partial charge is 0.274 e. The average molecular weight is 2090 g/mol. The first-order valence-electron chi connectivity index (χ1n) is 51.1. The van der Waals surface area contributed by atoms with Gasteiger partial charge in [-0.05, 0) is 233 Å². The zero-order chi connectivity index (χ0) is 104.